The van der Waals surface area contributed by atoms with E-state index in [0.717, 1.165) is 123 Å². The van der Waals surface area contributed by atoms with Gasteiger partial charge >= 0.3 is 0 Å². The zero-order chi connectivity index (χ0) is 71.8. The SMILES string of the molecule is CNC(=O)c1cc(F)cc(N(CCO)c2ccc3ncc(-c4cnn(C)c4)nc3c2)c1.CNCC(O)CN(c1cc(OC)cc(OC)c1)c1ccc2ncc(-c3cnn(C)c3)nc2c1.COc1cc(OC)cc(N(CCNC(C)C)c2ccc3ncc(-c4cnn(C5CCCCO5)c4)nc3c2)c1. The monoisotopic (exact) mass is 1380 g/mol. The van der Waals surface area contributed by atoms with Crippen LogP contribution in [0.1, 0.15) is 49.7 Å². The van der Waals surface area contributed by atoms with Gasteiger partial charge in [-0.05, 0) is 99.1 Å². The zero-order valence-corrected chi connectivity index (χ0v) is 58.8. The molecule has 27 heteroatoms. The van der Waals surface area contributed by atoms with E-state index in [2.05, 4.69) is 77.1 Å². The minimum atomic E-state index is -0.601. The summed E-state index contributed by atoms with van der Waals surface area (Å²) in [5.41, 5.74) is 14.4. The molecule has 0 aliphatic carbocycles. The Labute approximate surface area is 590 Å². The Morgan fingerprint density at radius 1 is 0.578 bits per heavy atom. The number of aliphatic hydroxyl groups is 2. The summed E-state index contributed by atoms with van der Waals surface area (Å²) >= 11 is 0. The molecule has 0 saturated carbocycles. The van der Waals surface area contributed by atoms with Crippen molar-refractivity contribution in [3.63, 3.8) is 0 Å². The Balaban J connectivity index is 0.000000155. The average molecular weight is 1390 g/mol. The van der Waals surface area contributed by atoms with E-state index in [1.807, 2.05) is 141 Å². The molecule has 0 bridgehead atoms. The first-order chi connectivity index (χ1) is 49.5. The van der Waals surface area contributed by atoms with Gasteiger partial charge in [0.2, 0.25) is 0 Å². The Bertz CT molecular complexity index is 4770. The molecule has 2 atom stereocenters. The van der Waals surface area contributed by atoms with Gasteiger partial charge in [0.1, 0.15) is 35.0 Å². The number of aryl methyl sites for hydroxylation is 2. The standard InChI is InChI=1S/C29H36N6O3.C24H28N6O3.C22H21FN6O2/c1-20(2)30-10-11-34(23-13-24(36-3)16-25(14-23)37-4)22-8-9-26-27(15-22)33-28(18-31-26)21-17-32-35(19-21)29-7-5-6-12-38-29;1-25-12-19(31)15-30(18-7-20(32-3)10-21(8-18)33-4)17-5-6-22-23(9-17)28-24(13-26-22)16-11-27-29(2)14-16;1-24-22(31)14-7-16(23)9-18(8-14)29(5-6-30)17-3-4-19-20(10-17)27-21(12-25-19)15-11-26-28(2)13-15/h8-9,13-20,29-30H,5-7,10-12H2,1-4H3;5-11,13-14,19,25,31H,12,15H2,1-4H3;3-4,7-13,30H,5-6H2,1-2H3,(H,24,31). The van der Waals surface area contributed by atoms with E-state index in [1.165, 1.54) is 19.2 Å². The van der Waals surface area contributed by atoms with Gasteiger partial charge in [0.25, 0.3) is 5.91 Å². The van der Waals surface area contributed by atoms with Crippen LogP contribution in [0.25, 0.3) is 66.9 Å². The summed E-state index contributed by atoms with van der Waals surface area (Å²) in [7, 11) is 13.6. The van der Waals surface area contributed by atoms with Crippen LogP contribution in [-0.4, -0.2) is 176 Å². The topological polar surface area (TPSA) is 280 Å². The number of halogens is 1. The molecule has 5 N–H and O–H groups in total. The third kappa shape index (κ3) is 17.8. The van der Waals surface area contributed by atoms with Crippen molar-refractivity contribution < 1.29 is 43.1 Å². The van der Waals surface area contributed by atoms with Gasteiger partial charge in [-0.3, -0.25) is 29.1 Å². The van der Waals surface area contributed by atoms with Gasteiger partial charge in [-0.1, -0.05) is 13.8 Å². The first-order valence-electron chi connectivity index (χ1n) is 33.5. The number of fused-ring (bicyclic) bond motifs is 3. The highest BCUT2D eigenvalue weighted by molar-refractivity contribution is 5.95. The largest absolute Gasteiger partial charge is 0.497 e. The minimum absolute atomic E-state index is 0.00891. The number of anilines is 6. The maximum Gasteiger partial charge on any atom is 0.251 e. The Morgan fingerprint density at radius 2 is 1.05 bits per heavy atom. The van der Waals surface area contributed by atoms with Crippen LogP contribution in [0.4, 0.5) is 38.5 Å². The van der Waals surface area contributed by atoms with Gasteiger partial charge in [0, 0.05) is 171 Å². The lowest BCUT2D eigenvalue weighted by Crippen LogP contribution is -2.35. The summed E-state index contributed by atoms with van der Waals surface area (Å²) in [6, 6.07) is 33.5. The quantitative estimate of drug-likeness (QED) is 0.0355. The van der Waals surface area contributed by atoms with Crippen molar-refractivity contribution in [2.75, 3.05) is 103 Å². The smallest absolute Gasteiger partial charge is 0.251 e. The molecular formula is C75H85FN18O8. The van der Waals surface area contributed by atoms with Crippen LogP contribution < -0.4 is 49.6 Å². The summed E-state index contributed by atoms with van der Waals surface area (Å²) < 4.78 is 47.5. The first kappa shape index (κ1) is 72.0. The fourth-order valence-electron chi connectivity index (χ4n) is 11.7. The molecule has 1 aliphatic heterocycles. The van der Waals surface area contributed by atoms with Crippen molar-refractivity contribution in [1.82, 2.24) is 75.2 Å². The maximum absolute atomic E-state index is 14.2. The van der Waals surface area contributed by atoms with Gasteiger partial charge < -0.3 is 64.5 Å². The highest BCUT2D eigenvalue weighted by Gasteiger charge is 2.22. The number of amides is 1. The number of methoxy groups -OCH3 is 4. The van der Waals surface area contributed by atoms with E-state index < -0.39 is 17.8 Å². The molecule has 7 heterocycles. The predicted octanol–water partition coefficient (Wildman–Crippen LogP) is 10.8. The van der Waals surface area contributed by atoms with E-state index >= 15 is 0 Å². The molecule has 26 nitrogen and oxygen atoms in total. The van der Waals surface area contributed by atoms with Crippen molar-refractivity contribution in [1.29, 1.82) is 0 Å². The summed E-state index contributed by atoms with van der Waals surface area (Å²) in [4.78, 5) is 46.2. The van der Waals surface area contributed by atoms with Crippen LogP contribution in [-0.2, 0) is 18.8 Å². The third-order valence-corrected chi connectivity index (χ3v) is 16.9. The van der Waals surface area contributed by atoms with Crippen LogP contribution in [0.5, 0.6) is 23.0 Å². The Kier molecular flexibility index (Phi) is 23.8. The Morgan fingerprint density at radius 3 is 1.49 bits per heavy atom. The number of benzene rings is 6. The van der Waals surface area contributed by atoms with Gasteiger partial charge in [-0.15, -0.1) is 0 Å². The molecule has 530 valence electrons. The minimum Gasteiger partial charge on any atom is -0.497 e. The number of rotatable bonds is 25. The number of carbonyl (C=O) groups excluding carboxylic acids is 1. The average Bonchev–Trinajstić information content (AvgIpc) is 1.06. The summed E-state index contributed by atoms with van der Waals surface area (Å²) in [6.07, 6.45) is 18.9. The second kappa shape index (κ2) is 33.8. The van der Waals surface area contributed by atoms with Crippen molar-refractivity contribution >= 4 is 73.1 Å². The number of hydrogen-bond donors (Lipinski definition) is 5. The zero-order valence-electron chi connectivity index (χ0n) is 58.8. The maximum atomic E-state index is 14.2. The number of carbonyl (C=O) groups is 1. The van der Waals surface area contributed by atoms with Crippen LogP contribution >= 0.6 is 0 Å². The van der Waals surface area contributed by atoms with Crippen LogP contribution in [0, 0.1) is 5.82 Å². The molecule has 1 aliphatic rings. The van der Waals surface area contributed by atoms with Gasteiger partial charge in [0.15, 0.2) is 0 Å². The lowest BCUT2D eigenvalue weighted by molar-refractivity contribution is -0.0394. The van der Waals surface area contributed by atoms with E-state index in [9.17, 15) is 19.4 Å². The van der Waals surface area contributed by atoms with Crippen LogP contribution in [0.2, 0.25) is 0 Å². The molecule has 2 unspecified atom stereocenters. The third-order valence-electron chi connectivity index (χ3n) is 16.9. The normalized spacial score (nSPS) is 13.1. The fourth-order valence-corrected chi connectivity index (χ4v) is 11.7. The molecular weight excluding hydrogens is 1300 g/mol. The molecule has 102 heavy (non-hydrogen) atoms. The number of hydrogen-bond acceptors (Lipinski definition) is 22. The molecule has 13 rings (SSSR count). The number of nitrogens with one attached hydrogen (secondary N) is 3. The van der Waals surface area contributed by atoms with Crippen LogP contribution in [0.15, 0.2) is 165 Å². The number of aromatic nitrogens is 12. The highest BCUT2D eigenvalue weighted by Crippen LogP contribution is 2.38. The van der Waals surface area contributed by atoms with E-state index in [1.54, 1.807) is 73.6 Å². The molecule has 1 saturated heterocycles. The predicted molar refractivity (Wildman–Crippen MR) is 393 cm³/mol. The molecule has 6 aromatic heterocycles. The molecule has 6 aromatic carbocycles. The van der Waals surface area contributed by atoms with E-state index in [4.69, 9.17) is 38.6 Å². The highest BCUT2D eigenvalue weighted by atomic mass is 19.1. The first-order valence-corrected chi connectivity index (χ1v) is 33.5. The Hall–Kier alpha value is -11.2. The molecule has 0 radical (unpaired) electrons. The summed E-state index contributed by atoms with van der Waals surface area (Å²) in [5.74, 6) is 1.87. The fraction of sp³-hybridized carbons (Fsp3) is 0.307. The van der Waals surface area contributed by atoms with E-state index in [-0.39, 0.29) is 24.9 Å². The summed E-state index contributed by atoms with van der Waals surface area (Å²) in [6.45, 7) is 7.49. The van der Waals surface area contributed by atoms with Gasteiger partial charge in [-0.2, -0.15) is 15.3 Å². The van der Waals surface area contributed by atoms with Crippen LogP contribution in [0.3, 0.4) is 0 Å². The number of likely N-dealkylation sites (N-methyl/N-ethyl adjacent to an activating group) is 1. The second-order valence-corrected chi connectivity index (χ2v) is 24.5. The molecule has 1 amide bonds. The van der Waals surface area contributed by atoms with Crippen molar-refractivity contribution in [3.8, 4) is 56.8 Å². The lowest BCUT2D eigenvalue weighted by atomic mass is 10.1. The number of nitrogens with zero attached hydrogens (tertiary/aromatic N) is 15. The lowest BCUT2D eigenvalue weighted by Gasteiger charge is -2.28. The number of aliphatic hydroxyl groups excluding tert-OH is 2. The van der Waals surface area contributed by atoms with Gasteiger partial charge in [0.05, 0.1) is 135 Å². The van der Waals surface area contributed by atoms with Crippen molar-refractivity contribution in [2.45, 2.75) is 51.5 Å². The molecule has 12 aromatic rings. The van der Waals surface area contributed by atoms with E-state index in [0.29, 0.717) is 58.7 Å². The molecule has 0 spiro atoms. The summed E-state index contributed by atoms with van der Waals surface area (Å²) in [5, 5.41) is 42.2. The van der Waals surface area contributed by atoms with Gasteiger partial charge in [-0.25, -0.2) is 24.0 Å². The number of ether oxygens (including phenoxy) is 5. The van der Waals surface area contributed by atoms with Crippen molar-refractivity contribution in [2.24, 2.45) is 14.1 Å². The van der Waals surface area contributed by atoms with Crippen molar-refractivity contribution in [3.05, 3.63) is 176 Å². The second-order valence-electron chi connectivity index (χ2n) is 24.5. The molecule has 1 fully saturated rings.